The van der Waals surface area contributed by atoms with Gasteiger partial charge in [-0.25, -0.2) is 18.5 Å². The van der Waals surface area contributed by atoms with Crippen LogP contribution in [0.2, 0.25) is 0 Å². The van der Waals surface area contributed by atoms with Gasteiger partial charge in [0.15, 0.2) is 9.92 Å². The van der Waals surface area contributed by atoms with Gasteiger partial charge in [-0.05, 0) is 61.1 Å². The maximum absolute atomic E-state index is 12.8. The average molecular weight is 430 g/mol. The maximum atomic E-state index is 12.8. The monoisotopic (exact) mass is 429 g/mol. The minimum absolute atomic E-state index is 0.152. The number of carbonyl (C=O) groups excluding carboxylic acids is 1. The van der Waals surface area contributed by atoms with Crippen molar-refractivity contribution < 1.29 is 18.5 Å². The van der Waals surface area contributed by atoms with E-state index < -0.39 is 21.5 Å². The van der Waals surface area contributed by atoms with Crippen molar-refractivity contribution in [2.75, 3.05) is 5.32 Å². The third kappa shape index (κ3) is 3.63. The zero-order chi connectivity index (χ0) is 20.9. The largest absolute Gasteiger partial charge is 0.452 e. The summed E-state index contributed by atoms with van der Waals surface area (Å²) in [6.07, 6.45) is 10.2. The number of amides is 2. The molecule has 5 rings (SSSR count). The van der Waals surface area contributed by atoms with Crippen LogP contribution in [-0.4, -0.2) is 15.3 Å². The molecule has 8 heteroatoms. The van der Waals surface area contributed by atoms with E-state index in [4.69, 9.17) is 9.20 Å². The number of hydrogen-bond acceptors (Lipinski definition) is 5. The summed E-state index contributed by atoms with van der Waals surface area (Å²) in [4.78, 5) is 12.7. The van der Waals surface area contributed by atoms with Crippen LogP contribution in [0.5, 0.6) is 0 Å². The SMILES string of the molecule is N=[S@@](=O)(NC(=O)Nc1c(CC2CCC2)ccc2c1CCC2)c1cc(C2(O)CC2)co1. The van der Waals surface area contributed by atoms with Crippen molar-refractivity contribution in [1.82, 2.24) is 4.72 Å². The Kier molecular flexibility index (Phi) is 4.67. The van der Waals surface area contributed by atoms with Gasteiger partial charge in [-0.1, -0.05) is 31.4 Å². The lowest BCUT2D eigenvalue weighted by Crippen LogP contribution is -2.34. The Bertz CT molecular complexity index is 1100. The molecule has 0 bridgehead atoms. The molecule has 3 aliphatic carbocycles. The molecule has 2 aromatic rings. The van der Waals surface area contributed by atoms with Crippen LogP contribution in [0.1, 0.15) is 60.8 Å². The number of hydrogen-bond donors (Lipinski definition) is 4. The molecule has 1 atom stereocenters. The quantitative estimate of drug-likeness (QED) is 0.550. The van der Waals surface area contributed by atoms with Crippen molar-refractivity contribution in [2.45, 2.75) is 68.5 Å². The minimum Gasteiger partial charge on any atom is -0.452 e. The Morgan fingerprint density at radius 3 is 2.77 bits per heavy atom. The summed E-state index contributed by atoms with van der Waals surface area (Å²) < 4.78 is 28.5. The lowest BCUT2D eigenvalue weighted by atomic mass is 9.80. The molecule has 7 nitrogen and oxygen atoms in total. The van der Waals surface area contributed by atoms with Gasteiger partial charge in [0.1, 0.15) is 0 Å². The Hall–Kier alpha value is -2.32. The van der Waals surface area contributed by atoms with Gasteiger partial charge in [-0.15, -0.1) is 0 Å². The maximum Gasteiger partial charge on any atom is 0.332 e. The van der Waals surface area contributed by atoms with Crippen LogP contribution in [0.4, 0.5) is 10.5 Å². The fourth-order valence-electron chi connectivity index (χ4n) is 4.49. The molecule has 2 fully saturated rings. The van der Waals surface area contributed by atoms with Crippen LogP contribution in [0.15, 0.2) is 34.0 Å². The van der Waals surface area contributed by atoms with Crippen molar-refractivity contribution in [2.24, 2.45) is 5.92 Å². The van der Waals surface area contributed by atoms with Crippen LogP contribution in [0.25, 0.3) is 0 Å². The van der Waals surface area contributed by atoms with Crippen LogP contribution in [-0.2, 0) is 34.8 Å². The number of rotatable bonds is 6. The number of anilines is 1. The number of carbonyl (C=O) groups is 1. The molecule has 1 heterocycles. The number of aryl methyl sites for hydroxylation is 1. The van der Waals surface area contributed by atoms with Gasteiger partial charge in [0.2, 0.25) is 5.09 Å². The second-order valence-corrected chi connectivity index (χ2v) is 10.6. The topological polar surface area (TPSA) is 115 Å². The number of furan rings is 1. The highest BCUT2D eigenvalue weighted by molar-refractivity contribution is 7.91. The fourth-order valence-corrected chi connectivity index (χ4v) is 5.38. The number of nitrogens with one attached hydrogen (secondary N) is 3. The van der Waals surface area contributed by atoms with Gasteiger partial charge in [-0.3, -0.25) is 0 Å². The Balaban J connectivity index is 1.35. The van der Waals surface area contributed by atoms with Crippen molar-refractivity contribution >= 4 is 21.6 Å². The minimum atomic E-state index is -3.67. The summed E-state index contributed by atoms with van der Waals surface area (Å²) >= 11 is 0. The van der Waals surface area contributed by atoms with E-state index >= 15 is 0 Å². The number of urea groups is 1. The summed E-state index contributed by atoms with van der Waals surface area (Å²) in [6.45, 7) is 0. The smallest absolute Gasteiger partial charge is 0.332 e. The molecule has 2 saturated carbocycles. The molecule has 1 aromatic heterocycles. The number of benzene rings is 1. The zero-order valence-corrected chi connectivity index (χ0v) is 17.6. The van der Waals surface area contributed by atoms with Crippen LogP contribution >= 0.6 is 0 Å². The van der Waals surface area contributed by atoms with E-state index in [1.165, 1.54) is 37.2 Å². The summed E-state index contributed by atoms with van der Waals surface area (Å²) in [7, 11) is -3.67. The second-order valence-electron chi connectivity index (χ2n) is 8.89. The van der Waals surface area contributed by atoms with E-state index in [0.29, 0.717) is 24.3 Å². The van der Waals surface area contributed by atoms with Crippen molar-refractivity contribution in [3.8, 4) is 0 Å². The first-order valence-electron chi connectivity index (χ1n) is 10.7. The van der Waals surface area contributed by atoms with Crippen LogP contribution in [0, 0.1) is 10.7 Å². The molecule has 1 aromatic carbocycles. The van der Waals surface area contributed by atoms with Gasteiger partial charge in [0, 0.05) is 17.3 Å². The number of aliphatic hydroxyl groups is 1. The normalized spacial score (nSPS) is 21.4. The highest BCUT2D eigenvalue weighted by Crippen LogP contribution is 2.46. The summed E-state index contributed by atoms with van der Waals surface area (Å²) in [5.74, 6) is 0.656. The summed E-state index contributed by atoms with van der Waals surface area (Å²) in [5, 5.41) is 12.9. The first kappa shape index (κ1) is 19.6. The molecular formula is C22H27N3O4S. The zero-order valence-electron chi connectivity index (χ0n) is 16.8. The van der Waals surface area contributed by atoms with Gasteiger partial charge in [0.25, 0.3) is 0 Å². The molecule has 0 radical (unpaired) electrons. The molecule has 0 aliphatic heterocycles. The first-order valence-corrected chi connectivity index (χ1v) is 12.2. The molecule has 0 unspecified atom stereocenters. The van der Waals surface area contributed by atoms with E-state index in [2.05, 4.69) is 22.2 Å². The van der Waals surface area contributed by atoms with E-state index in [0.717, 1.165) is 42.5 Å². The summed E-state index contributed by atoms with van der Waals surface area (Å²) in [6, 6.07) is 5.00. The standard InChI is InChI=1S/C22H27N3O4S/c23-30(28,19-12-17(13-29-19)22(27)9-10-22)25-21(26)24-20-16(11-14-3-1-4-14)8-7-15-5-2-6-18(15)20/h7-8,12-14,27H,1-6,9-11H2,(H3,23,24,25,26,28)/t30-/m1/s1. The Morgan fingerprint density at radius 2 is 2.07 bits per heavy atom. The average Bonchev–Trinajstić information content (AvgIpc) is 3.10. The molecule has 3 aliphatic rings. The molecule has 0 spiro atoms. The van der Waals surface area contributed by atoms with E-state index in [1.54, 1.807) is 0 Å². The van der Waals surface area contributed by atoms with Crippen molar-refractivity contribution in [3.63, 3.8) is 0 Å². The highest BCUT2D eigenvalue weighted by Gasteiger charge is 2.44. The first-order chi connectivity index (χ1) is 14.3. The van der Waals surface area contributed by atoms with Crippen LogP contribution < -0.4 is 10.0 Å². The van der Waals surface area contributed by atoms with E-state index in [9.17, 15) is 14.1 Å². The molecule has 4 N–H and O–H groups in total. The highest BCUT2D eigenvalue weighted by atomic mass is 32.2. The Labute approximate surface area is 176 Å². The lowest BCUT2D eigenvalue weighted by molar-refractivity contribution is 0.150. The molecule has 30 heavy (non-hydrogen) atoms. The molecule has 2 amide bonds. The third-order valence-corrected chi connectivity index (χ3v) is 7.95. The fraction of sp³-hybridized carbons (Fsp3) is 0.500. The second kappa shape index (κ2) is 7.13. The van der Waals surface area contributed by atoms with Gasteiger partial charge >= 0.3 is 6.03 Å². The van der Waals surface area contributed by atoms with Crippen molar-refractivity contribution in [3.05, 3.63) is 46.7 Å². The molecule has 160 valence electrons. The van der Waals surface area contributed by atoms with Crippen LogP contribution in [0.3, 0.4) is 0 Å². The van der Waals surface area contributed by atoms with Crippen molar-refractivity contribution in [1.29, 1.82) is 4.78 Å². The van der Waals surface area contributed by atoms with E-state index in [-0.39, 0.29) is 5.09 Å². The van der Waals surface area contributed by atoms with Gasteiger partial charge < -0.3 is 14.8 Å². The summed E-state index contributed by atoms with van der Waals surface area (Å²) in [5.41, 5.74) is 3.90. The third-order valence-electron chi connectivity index (χ3n) is 6.70. The lowest BCUT2D eigenvalue weighted by Gasteiger charge is -2.27. The predicted molar refractivity (Wildman–Crippen MR) is 113 cm³/mol. The van der Waals surface area contributed by atoms with Gasteiger partial charge in [-0.2, -0.15) is 0 Å². The molecular weight excluding hydrogens is 402 g/mol. The van der Waals surface area contributed by atoms with Gasteiger partial charge in [0.05, 0.1) is 11.9 Å². The number of fused-ring (bicyclic) bond motifs is 1. The molecule has 0 saturated heterocycles. The predicted octanol–water partition coefficient (Wildman–Crippen LogP) is 4.23. The Morgan fingerprint density at radius 1 is 1.27 bits per heavy atom. The van der Waals surface area contributed by atoms with E-state index in [1.807, 2.05) is 0 Å².